The molecule has 0 bridgehead atoms. The van der Waals surface area contributed by atoms with E-state index in [1.807, 2.05) is 13.8 Å². The average Bonchev–Trinajstić information content (AvgIpc) is 2.66. The molecule has 34 heavy (non-hydrogen) atoms. The molecule has 1 heterocycles. The molecule has 1 aliphatic heterocycles. The predicted molar refractivity (Wildman–Crippen MR) is 136 cm³/mol. The van der Waals surface area contributed by atoms with E-state index in [9.17, 15) is 9.90 Å². The van der Waals surface area contributed by atoms with Crippen LogP contribution >= 0.6 is 0 Å². The molecule has 0 aromatic rings. The van der Waals surface area contributed by atoms with Crippen molar-refractivity contribution in [3.8, 4) is 0 Å². The summed E-state index contributed by atoms with van der Waals surface area (Å²) in [5, 5.41) is 11.9. The van der Waals surface area contributed by atoms with Gasteiger partial charge in [0.2, 0.25) is 9.04 Å². The van der Waals surface area contributed by atoms with E-state index in [2.05, 4.69) is 67.6 Å². The Hall–Kier alpha value is 0.948. The van der Waals surface area contributed by atoms with Gasteiger partial charge in [-0.1, -0.05) is 67.0 Å². The first-order valence-electron chi connectivity index (χ1n) is 13.1. The van der Waals surface area contributed by atoms with E-state index in [4.69, 9.17) is 9.16 Å². The van der Waals surface area contributed by atoms with Gasteiger partial charge < -0.3 is 14.3 Å². The molecule has 2 radical (unpaired) electrons. The van der Waals surface area contributed by atoms with Crippen LogP contribution in [-0.4, -0.2) is 43.8 Å². The Morgan fingerprint density at radius 3 is 2.29 bits per heavy atom. The van der Waals surface area contributed by atoms with Crippen molar-refractivity contribution in [2.45, 2.75) is 112 Å². The molecule has 1 saturated carbocycles. The van der Waals surface area contributed by atoms with Crippen LogP contribution in [0.3, 0.4) is 0 Å². The number of hydrogen-bond acceptors (Lipinski definition) is 4. The van der Waals surface area contributed by atoms with E-state index < -0.39 is 20.1 Å². The molecule has 3 aliphatic rings. The number of aliphatic hydroxyl groups is 1. The third kappa shape index (κ3) is 5.01. The average molecular weight is 705 g/mol. The molecule has 2 fully saturated rings. The molecule has 3 rings (SSSR count). The molecule has 0 aromatic heterocycles. The number of carbonyl (C=O) groups excluding carboxylic acids is 1. The van der Waals surface area contributed by atoms with Crippen LogP contribution in [0.5, 0.6) is 0 Å². The van der Waals surface area contributed by atoms with Crippen molar-refractivity contribution in [1.82, 2.24) is 0 Å². The van der Waals surface area contributed by atoms with Crippen LogP contribution in [0.1, 0.15) is 81.6 Å². The standard InChI is InChI=1S/C28H49O4Si.Ac/c1-17(2)24(29)26(9)21(6)12-22-28(30,16-31-22)23(26)20(5)15-27(32-33(10)11)14-19(4)18(3)13-25(27,7)8;/h13,17,19-23,30H,12,14-16H2,1-11H3;. The summed E-state index contributed by atoms with van der Waals surface area (Å²) in [7, 11) is -0.954. The number of fused-ring (bicyclic) bond motifs is 1. The van der Waals surface area contributed by atoms with Gasteiger partial charge in [-0.15, -0.1) is 0 Å². The maximum absolute atomic E-state index is 13.7. The van der Waals surface area contributed by atoms with Gasteiger partial charge in [0.1, 0.15) is 11.4 Å². The first kappa shape index (κ1) is 31.2. The maximum Gasteiger partial charge on any atom is 0.205 e. The van der Waals surface area contributed by atoms with Crippen molar-refractivity contribution in [1.29, 1.82) is 0 Å². The monoisotopic (exact) mass is 704 g/mol. The molecular formula is C28H49AcO4Si. The molecule has 2 aliphatic carbocycles. The molecule has 1 saturated heterocycles. The molecule has 0 aromatic carbocycles. The van der Waals surface area contributed by atoms with E-state index in [0.29, 0.717) is 12.5 Å². The first-order valence-corrected chi connectivity index (χ1v) is 15.5. The smallest absolute Gasteiger partial charge is 0.205 e. The van der Waals surface area contributed by atoms with Crippen molar-refractivity contribution < 1.29 is 63.1 Å². The van der Waals surface area contributed by atoms with Gasteiger partial charge >= 0.3 is 0 Å². The zero-order chi connectivity index (χ0) is 25.1. The van der Waals surface area contributed by atoms with Crippen molar-refractivity contribution in [2.24, 2.45) is 40.4 Å². The fourth-order valence-corrected chi connectivity index (χ4v) is 8.99. The quantitative estimate of drug-likeness (QED) is 0.259. The van der Waals surface area contributed by atoms with E-state index in [1.165, 1.54) is 5.57 Å². The first-order chi connectivity index (χ1) is 15.0. The number of carbonyl (C=O) groups is 1. The normalized spacial score (nSPS) is 42.4. The number of rotatable bonds is 7. The summed E-state index contributed by atoms with van der Waals surface area (Å²) in [5.74, 6) is 0.824. The summed E-state index contributed by atoms with van der Waals surface area (Å²) in [5.41, 5.74) is -0.496. The van der Waals surface area contributed by atoms with Gasteiger partial charge in [-0.3, -0.25) is 4.79 Å². The number of allylic oxidation sites excluding steroid dienone is 1. The molecular weight excluding hydrogens is 655 g/mol. The Morgan fingerprint density at radius 1 is 1.24 bits per heavy atom. The molecule has 0 spiro atoms. The van der Waals surface area contributed by atoms with Crippen molar-refractivity contribution in [3.63, 3.8) is 0 Å². The van der Waals surface area contributed by atoms with Crippen molar-refractivity contribution in [2.75, 3.05) is 6.61 Å². The Labute approximate surface area is 246 Å². The largest absolute Gasteiger partial charge is 0.411 e. The number of hydrogen-bond donors (Lipinski definition) is 1. The third-order valence-electron chi connectivity index (χ3n) is 9.70. The Bertz CT molecular complexity index is 795. The summed E-state index contributed by atoms with van der Waals surface area (Å²) in [6, 6.07) is 0. The predicted octanol–water partition coefficient (Wildman–Crippen LogP) is 6.05. The van der Waals surface area contributed by atoms with Gasteiger partial charge in [0.05, 0.1) is 18.3 Å². The topological polar surface area (TPSA) is 55.8 Å². The minimum absolute atomic E-state index is 0. The fraction of sp³-hybridized carbons (Fsp3) is 0.893. The van der Waals surface area contributed by atoms with Crippen LogP contribution < -0.4 is 0 Å². The Balaban J connectivity index is 0.00000408. The van der Waals surface area contributed by atoms with Crippen LogP contribution in [0.2, 0.25) is 13.1 Å². The Kier molecular flexibility index (Phi) is 9.72. The Morgan fingerprint density at radius 2 is 1.82 bits per heavy atom. The van der Waals surface area contributed by atoms with Crippen molar-refractivity contribution in [3.05, 3.63) is 11.6 Å². The zero-order valence-electron chi connectivity index (χ0n) is 23.6. The fourth-order valence-electron chi connectivity index (χ4n) is 7.78. The van der Waals surface area contributed by atoms with Crippen LogP contribution in [0.15, 0.2) is 11.6 Å². The summed E-state index contributed by atoms with van der Waals surface area (Å²) in [6.45, 7) is 24.5. The second-order valence-corrected chi connectivity index (χ2v) is 15.1. The molecule has 192 valence electrons. The van der Waals surface area contributed by atoms with Gasteiger partial charge in [-0.05, 0) is 57.0 Å². The molecule has 1 N–H and O–H groups in total. The third-order valence-corrected chi connectivity index (χ3v) is 10.5. The molecule has 6 heteroatoms. The summed E-state index contributed by atoms with van der Waals surface area (Å²) in [4.78, 5) is 13.7. The van der Waals surface area contributed by atoms with Crippen LogP contribution in [0.4, 0.5) is 0 Å². The van der Waals surface area contributed by atoms with E-state index in [1.54, 1.807) is 0 Å². The van der Waals surface area contributed by atoms with Crippen LogP contribution in [0.25, 0.3) is 0 Å². The number of ether oxygens (including phenoxy) is 1. The molecule has 4 nitrogen and oxygen atoms in total. The zero-order valence-corrected chi connectivity index (χ0v) is 29.4. The number of Topliss-reactive ketones (excluding diaryl/α,β-unsaturated/α-hetero) is 1. The minimum Gasteiger partial charge on any atom is -0.411 e. The van der Waals surface area contributed by atoms with Gasteiger partial charge in [0.25, 0.3) is 0 Å². The van der Waals surface area contributed by atoms with E-state index in [-0.39, 0.29) is 90.6 Å². The van der Waals surface area contributed by atoms with E-state index >= 15 is 0 Å². The maximum atomic E-state index is 13.7. The minimum atomic E-state index is -0.954. The SMILES string of the molecule is CC1=CC(C)(C)C(CC(C)C2C3(O)COC3CC(C)C2(C)C(=O)C(C)C)(O[Si](C)C)CC1C.[Ac]. The van der Waals surface area contributed by atoms with Gasteiger partial charge in [0.15, 0.2) is 0 Å². The van der Waals surface area contributed by atoms with Gasteiger partial charge in [0, 0.05) is 66.7 Å². The summed E-state index contributed by atoms with van der Waals surface area (Å²) < 4.78 is 12.8. The van der Waals surface area contributed by atoms with Crippen LogP contribution in [-0.2, 0) is 14.0 Å². The number of ketones is 1. The summed E-state index contributed by atoms with van der Waals surface area (Å²) >= 11 is 0. The van der Waals surface area contributed by atoms with Gasteiger partial charge in [-0.2, -0.15) is 0 Å². The molecule has 0 amide bonds. The molecule has 8 unspecified atom stereocenters. The van der Waals surface area contributed by atoms with Gasteiger partial charge in [-0.25, -0.2) is 0 Å². The second-order valence-electron chi connectivity index (χ2n) is 13.1. The van der Waals surface area contributed by atoms with E-state index in [0.717, 1.165) is 19.3 Å². The van der Waals surface area contributed by atoms with Crippen molar-refractivity contribution >= 4 is 14.8 Å². The summed E-state index contributed by atoms with van der Waals surface area (Å²) in [6.07, 6.45) is 4.83. The molecule has 8 atom stereocenters. The van der Waals surface area contributed by atoms with Crippen LogP contribution in [0, 0.1) is 84.5 Å². The second kappa shape index (κ2) is 10.6.